The summed E-state index contributed by atoms with van der Waals surface area (Å²) in [4.78, 5) is 8.21. The van der Waals surface area contributed by atoms with Crippen LogP contribution in [0.2, 0.25) is 0 Å². The van der Waals surface area contributed by atoms with Crippen LogP contribution in [0.4, 0.5) is 0 Å². The molecule has 3 rings (SSSR count). The third-order valence-electron chi connectivity index (χ3n) is 3.24. The SMILES string of the molecule is CN=C(NCCn1ccnc1)NCc1nnc2ccccn12. The molecule has 0 saturated carbocycles. The standard InChI is InChI=1S/C14H18N8/c1-15-14(17-6-9-21-8-5-16-11-21)18-10-13-20-19-12-4-2-3-7-22(12)13/h2-5,7-8,11H,6,9-10H2,1H3,(H2,15,17,18). The minimum atomic E-state index is 0.552. The number of fused-ring (bicyclic) bond motifs is 1. The van der Waals surface area contributed by atoms with Crippen LogP contribution in [0, 0.1) is 0 Å². The van der Waals surface area contributed by atoms with Gasteiger partial charge in [-0.3, -0.25) is 9.39 Å². The quantitative estimate of drug-likeness (QED) is 0.522. The van der Waals surface area contributed by atoms with Crippen molar-refractivity contribution in [1.29, 1.82) is 0 Å². The van der Waals surface area contributed by atoms with Gasteiger partial charge in [-0.25, -0.2) is 4.98 Å². The van der Waals surface area contributed by atoms with Gasteiger partial charge in [0.15, 0.2) is 17.4 Å². The van der Waals surface area contributed by atoms with Crippen LogP contribution >= 0.6 is 0 Å². The lowest BCUT2D eigenvalue weighted by atomic mass is 10.4. The molecule has 2 N–H and O–H groups in total. The Hall–Kier alpha value is -2.90. The number of hydrogen-bond donors (Lipinski definition) is 2. The highest BCUT2D eigenvalue weighted by molar-refractivity contribution is 5.79. The number of nitrogens with one attached hydrogen (secondary N) is 2. The Morgan fingerprint density at radius 1 is 1.23 bits per heavy atom. The minimum absolute atomic E-state index is 0.552. The molecule has 3 heterocycles. The summed E-state index contributed by atoms with van der Waals surface area (Å²) < 4.78 is 3.96. The van der Waals surface area contributed by atoms with Gasteiger partial charge in [0, 0.05) is 38.7 Å². The summed E-state index contributed by atoms with van der Waals surface area (Å²) in [7, 11) is 1.74. The Morgan fingerprint density at radius 3 is 3.00 bits per heavy atom. The number of nitrogens with zero attached hydrogens (tertiary/aromatic N) is 6. The van der Waals surface area contributed by atoms with Gasteiger partial charge >= 0.3 is 0 Å². The van der Waals surface area contributed by atoms with E-state index < -0.39 is 0 Å². The predicted octanol–water partition coefficient (Wildman–Crippen LogP) is 0.291. The maximum Gasteiger partial charge on any atom is 0.191 e. The van der Waals surface area contributed by atoms with E-state index in [-0.39, 0.29) is 0 Å². The molecule has 22 heavy (non-hydrogen) atoms. The first-order valence-corrected chi connectivity index (χ1v) is 7.06. The summed E-state index contributed by atoms with van der Waals surface area (Å²) in [5, 5.41) is 14.8. The van der Waals surface area contributed by atoms with Crippen molar-refractivity contribution in [3.63, 3.8) is 0 Å². The highest BCUT2D eigenvalue weighted by Gasteiger charge is 2.05. The van der Waals surface area contributed by atoms with Gasteiger partial charge in [-0.1, -0.05) is 6.07 Å². The topological polar surface area (TPSA) is 84.4 Å². The minimum Gasteiger partial charge on any atom is -0.355 e. The van der Waals surface area contributed by atoms with Crippen molar-refractivity contribution in [2.45, 2.75) is 13.1 Å². The van der Waals surface area contributed by atoms with Gasteiger partial charge in [0.05, 0.1) is 12.9 Å². The van der Waals surface area contributed by atoms with Gasteiger partial charge in [-0.05, 0) is 12.1 Å². The van der Waals surface area contributed by atoms with Crippen LogP contribution in [0.3, 0.4) is 0 Å². The zero-order valence-electron chi connectivity index (χ0n) is 12.3. The van der Waals surface area contributed by atoms with Gasteiger partial charge in [0.25, 0.3) is 0 Å². The Balaban J connectivity index is 1.52. The van der Waals surface area contributed by atoms with E-state index in [2.05, 4.69) is 30.8 Å². The smallest absolute Gasteiger partial charge is 0.191 e. The van der Waals surface area contributed by atoms with Crippen LogP contribution < -0.4 is 10.6 Å². The molecule has 0 aliphatic rings. The second-order valence-electron chi connectivity index (χ2n) is 4.70. The van der Waals surface area contributed by atoms with Crippen molar-refractivity contribution in [3.05, 3.63) is 48.9 Å². The number of guanidine groups is 1. The third kappa shape index (κ3) is 3.22. The number of aliphatic imine (C=N–C) groups is 1. The van der Waals surface area contributed by atoms with E-state index in [0.717, 1.165) is 30.5 Å². The van der Waals surface area contributed by atoms with Crippen LogP contribution in [0.1, 0.15) is 5.82 Å². The molecule has 0 fully saturated rings. The summed E-state index contributed by atoms with van der Waals surface area (Å²) in [5.41, 5.74) is 0.836. The lowest BCUT2D eigenvalue weighted by molar-refractivity contribution is 0.658. The molecule has 0 saturated heterocycles. The number of aromatic nitrogens is 5. The van der Waals surface area contributed by atoms with E-state index in [0.29, 0.717) is 6.54 Å². The molecule has 3 aromatic heterocycles. The first-order valence-electron chi connectivity index (χ1n) is 7.06. The lowest BCUT2D eigenvalue weighted by Crippen LogP contribution is -2.38. The molecule has 0 amide bonds. The van der Waals surface area contributed by atoms with Gasteiger partial charge in [-0.15, -0.1) is 10.2 Å². The molecule has 0 spiro atoms. The fourth-order valence-electron chi connectivity index (χ4n) is 2.12. The summed E-state index contributed by atoms with van der Waals surface area (Å²) >= 11 is 0. The van der Waals surface area contributed by atoms with E-state index in [1.807, 2.05) is 39.6 Å². The Labute approximate surface area is 127 Å². The van der Waals surface area contributed by atoms with Crippen LogP contribution in [0.5, 0.6) is 0 Å². The molecule has 8 heteroatoms. The zero-order chi connectivity index (χ0) is 15.2. The molecule has 0 aliphatic carbocycles. The highest BCUT2D eigenvalue weighted by Crippen LogP contribution is 2.02. The maximum atomic E-state index is 4.20. The summed E-state index contributed by atoms with van der Waals surface area (Å²) in [6.07, 6.45) is 7.44. The van der Waals surface area contributed by atoms with Crippen molar-refractivity contribution in [1.82, 2.24) is 34.8 Å². The first-order chi connectivity index (χ1) is 10.9. The van der Waals surface area contributed by atoms with Crippen molar-refractivity contribution in [2.75, 3.05) is 13.6 Å². The lowest BCUT2D eigenvalue weighted by Gasteiger charge is -2.11. The Bertz CT molecular complexity index is 743. The molecular formula is C14H18N8. The summed E-state index contributed by atoms with van der Waals surface area (Å²) in [5.74, 6) is 1.57. The van der Waals surface area contributed by atoms with E-state index in [1.54, 1.807) is 19.6 Å². The zero-order valence-corrected chi connectivity index (χ0v) is 12.3. The van der Waals surface area contributed by atoms with Gasteiger partial charge < -0.3 is 15.2 Å². The van der Waals surface area contributed by atoms with Crippen molar-refractivity contribution >= 4 is 11.6 Å². The van der Waals surface area contributed by atoms with Crippen LogP contribution in [0.15, 0.2) is 48.1 Å². The average molecular weight is 298 g/mol. The summed E-state index contributed by atoms with van der Waals surface area (Å²) in [6.45, 7) is 2.14. The second kappa shape index (κ2) is 6.70. The molecule has 0 aliphatic heterocycles. The first kappa shape index (κ1) is 14.1. The molecule has 0 unspecified atom stereocenters. The normalized spacial score (nSPS) is 11.8. The molecule has 114 valence electrons. The molecule has 0 atom stereocenters. The fourth-order valence-corrected chi connectivity index (χ4v) is 2.12. The van der Waals surface area contributed by atoms with Gasteiger partial charge in [0.2, 0.25) is 0 Å². The second-order valence-corrected chi connectivity index (χ2v) is 4.70. The third-order valence-corrected chi connectivity index (χ3v) is 3.24. The van der Waals surface area contributed by atoms with Gasteiger partial charge in [0.1, 0.15) is 0 Å². The molecule has 0 bridgehead atoms. The number of hydrogen-bond acceptors (Lipinski definition) is 4. The molecular weight excluding hydrogens is 280 g/mol. The predicted molar refractivity (Wildman–Crippen MR) is 83.4 cm³/mol. The van der Waals surface area contributed by atoms with Gasteiger partial charge in [-0.2, -0.15) is 0 Å². The molecule has 0 radical (unpaired) electrons. The van der Waals surface area contributed by atoms with Crippen molar-refractivity contribution in [2.24, 2.45) is 4.99 Å². The molecule has 3 aromatic rings. The largest absolute Gasteiger partial charge is 0.355 e. The van der Waals surface area contributed by atoms with Crippen LogP contribution in [-0.4, -0.2) is 43.7 Å². The summed E-state index contributed by atoms with van der Waals surface area (Å²) in [6, 6.07) is 5.82. The fraction of sp³-hybridized carbons (Fsp3) is 0.286. The highest BCUT2D eigenvalue weighted by atomic mass is 15.3. The average Bonchev–Trinajstić information content (AvgIpc) is 3.20. The maximum absolute atomic E-state index is 4.20. The van der Waals surface area contributed by atoms with Crippen LogP contribution in [0.25, 0.3) is 5.65 Å². The molecule has 0 aromatic carbocycles. The van der Waals surface area contributed by atoms with Crippen molar-refractivity contribution in [3.8, 4) is 0 Å². The number of imidazole rings is 1. The monoisotopic (exact) mass is 298 g/mol. The van der Waals surface area contributed by atoms with E-state index in [1.165, 1.54) is 0 Å². The Morgan fingerprint density at radius 2 is 2.18 bits per heavy atom. The van der Waals surface area contributed by atoms with E-state index in [9.17, 15) is 0 Å². The molecule has 8 nitrogen and oxygen atoms in total. The Kier molecular flexibility index (Phi) is 4.28. The van der Waals surface area contributed by atoms with E-state index >= 15 is 0 Å². The number of rotatable bonds is 5. The van der Waals surface area contributed by atoms with E-state index in [4.69, 9.17) is 0 Å². The number of pyridine rings is 1. The van der Waals surface area contributed by atoms with Crippen molar-refractivity contribution < 1.29 is 0 Å². The van der Waals surface area contributed by atoms with Crippen LogP contribution in [-0.2, 0) is 13.1 Å².